The maximum absolute atomic E-state index is 11.8. The van der Waals surface area contributed by atoms with Crippen LogP contribution in [0.15, 0.2) is 30.3 Å². The van der Waals surface area contributed by atoms with Crippen molar-refractivity contribution in [1.29, 1.82) is 0 Å². The van der Waals surface area contributed by atoms with Gasteiger partial charge in [0.2, 0.25) is 17.7 Å². The molecule has 0 saturated carbocycles. The van der Waals surface area contributed by atoms with Crippen molar-refractivity contribution in [3.8, 4) is 5.75 Å². The van der Waals surface area contributed by atoms with Crippen molar-refractivity contribution in [3.63, 3.8) is 0 Å². The van der Waals surface area contributed by atoms with E-state index in [4.69, 9.17) is 4.74 Å². The van der Waals surface area contributed by atoms with Gasteiger partial charge >= 0.3 is 5.97 Å². The van der Waals surface area contributed by atoms with Gasteiger partial charge in [0, 0.05) is 38.4 Å². The summed E-state index contributed by atoms with van der Waals surface area (Å²) in [5, 5.41) is 2.76. The molecule has 0 radical (unpaired) electrons. The number of rotatable bonds is 8. The van der Waals surface area contributed by atoms with Crippen LogP contribution in [0, 0.1) is 5.92 Å². The maximum Gasteiger partial charge on any atom is 0.308 e. The van der Waals surface area contributed by atoms with Gasteiger partial charge in [-0.1, -0.05) is 19.1 Å². The molecule has 144 valence electrons. The Hall–Kier alpha value is -2.96. The third-order valence-electron chi connectivity index (χ3n) is 4.15. The van der Waals surface area contributed by atoms with Gasteiger partial charge in [-0.2, -0.15) is 0 Å². The predicted molar refractivity (Wildman–Crippen MR) is 99.5 cm³/mol. The molecular formula is C20H24N2O5. The number of ether oxygens (including phenoxy) is 1. The smallest absolute Gasteiger partial charge is 0.308 e. The van der Waals surface area contributed by atoms with Crippen LogP contribution in [0.25, 0.3) is 6.08 Å². The normalized spacial score (nSPS) is 16.8. The minimum absolute atomic E-state index is 0.105. The molecule has 7 nitrogen and oxygen atoms in total. The topological polar surface area (TPSA) is 92.8 Å². The average molecular weight is 372 g/mol. The van der Waals surface area contributed by atoms with Gasteiger partial charge in [-0.15, -0.1) is 0 Å². The first-order chi connectivity index (χ1) is 12.9. The summed E-state index contributed by atoms with van der Waals surface area (Å²) < 4.78 is 4.94. The van der Waals surface area contributed by atoms with E-state index in [-0.39, 0.29) is 29.6 Å². The van der Waals surface area contributed by atoms with Gasteiger partial charge in [-0.25, -0.2) is 0 Å². The highest BCUT2D eigenvalue weighted by Gasteiger charge is 2.34. The zero-order valence-corrected chi connectivity index (χ0v) is 15.6. The highest BCUT2D eigenvalue weighted by atomic mass is 16.5. The summed E-state index contributed by atoms with van der Waals surface area (Å²) >= 11 is 0. The van der Waals surface area contributed by atoms with E-state index in [1.807, 2.05) is 0 Å². The van der Waals surface area contributed by atoms with Gasteiger partial charge in [0.1, 0.15) is 5.75 Å². The first-order valence-electron chi connectivity index (χ1n) is 8.95. The summed E-state index contributed by atoms with van der Waals surface area (Å²) in [6, 6.07) is 6.79. The molecule has 2 rings (SSSR count). The van der Waals surface area contributed by atoms with Gasteiger partial charge in [0.25, 0.3) is 0 Å². The van der Waals surface area contributed by atoms with Gasteiger partial charge in [-0.3, -0.25) is 24.1 Å². The van der Waals surface area contributed by atoms with Crippen molar-refractivity contribution in [2.75, 3.05) is 13.1 Å². The van der Waals surface area contributed by atoms with Crippen molar-refractivity contribution in [2.45, 2.75) is 33.1 Å². The van der Waals surface area contributed by atoms with E-state index < -0.39 is 0 Å². The number of nitrogens with one attached hydrogen (secondary N) is 1. The van der Waals surface area contributed by atoms with Gasteiger partial charge < -0.3 is 10.1 Å². The first-order valence-corrected chi connectivity index (χ1v) is 8.95. The largest absolute Gasteiger partial charge is 0.427 e. The van der Waals surface area contributed by atoms with E-state index in [0.717, 1.165) is 5.56 Å². The second-order valence-corrected chi connectivity index (χ2v) is 6.48. The molecule has 7 heteroatoms. The molecule has 0 spiro atoms. The zero-order chi connectivity index (χ0) is 19.8. The Morgan fingerprint density at radius 3 is 2.52 bits per heavy atom. The van der Waals surface area contributed by atoms with Crippen LogP contribution in [0.5, 0.6) is 5.75 Å². The number of benzene rings is 1. The minimum Gasteiger partial charge on any atom is -0.427 e. The number of carbonyl (C=O) groups excluding carboxylic acids is 4. The minimum atomic E-state index is -0.384. The Labute approximate surface area is 158 Å². The molecule has 0 aliphatic carbocycles. The Morgan fingerprint density at radius 1 is 1.22 bits per heavy atom. The highest BCUT2D eigenvalue weighted by Crippen LogP contribution is 2.19. The molecule has 0 aromatic heterocycles. The van der Waals surface area contributed by atoms with Crippen molar-refractivity contribution in [1.82, 2.24) is 10.2 Å². The predicted octanol–water partition coefficient (Wildman–Crippen LogP) is 1.92. The van der Waals surface area contributed by atoms with E-state index in [9.17, 15) is 19.2 Å². The second-order valence-electron chi connectivity index (χ2n) is 6.48. The second kappa shape index (κ2) is 9.66. The SMILES string of the molecule is CC(=O)Oc1ccc(/C=C/C(=O)NCCCCN2C(=O)CC(C)C2=O)cc1. The van der Waals surface area contributed by atoms with Crippen LogP contribution in [-0.4, -0.2) is 41.7 Å². The summed E-state index contributed by atoms with van der Waals surface area (Å²) in [4.78, 5) is 47.4. The molecule has 1 aromatic carbocycles. The molecule has 1 atom stereocenters. The number of nitrogens with zero attached hydrogens (tertiary/aromatic N) is 1. The van der Waals surface area contributed by atoms with E-state index in [1.54, 1.807) is 37.3 Å². The summed E-state index contributed by atoms with van der Waals surface area (Å²) in [5.41, 5.74) is 0.807. The number of imide groups is 1. The first kappa shape index (κ1) is 20.4. The number of unbranched alkanes of at least 4 members (excludes halogenated alkanes) is 1. The molecule has 1 saturated heterocycles. The lowest BCUT2D eigenvalue weighted by Gasteiger charge is -2.13. The number of hydrogen-bond donors (Lipinski definition) is 1. The Bertz CT molecular complexity index is 739. The van der Waals surface area contributed by atoms with Crippen molar-refractivity contribution >= 4 is 29.8 Å². The van der Waals surface area contributed by atoms with E-state index in [2.05, 4.69) is 5.32 Å². The molecule has 0 bridgehead atoms. The highest BCUT2D eigenvalue weighted by molar-refractivity contribution is 6.03. The Morgan fingerprint density at radius 2 is 1.93 bits per heavy atom. The van der Waals surface area contributed by atoms with E-state index in [1.165, 1.54) is 17.9 Å². The number of likely N-dealkylation sites (tertiary alicyclic amines) is 1. The molecule has 3 amide bonds. The van der Waals surface area contributed by atoms with Crippen LogP contribution in [-0.2, 0) is 19.2 Å². The number of esters is 1. The summed E-state index contributed by atoms with van der Waals surface area (Å²) in [7, 11) is 0. The molecule has 1 aliphatic rings. The van der Waals surface area contributed by atoms with Gasteiger partial charge in [0.15, 0.2) is 0 Å². The van der Waals surface area contributed by atoms with Crippen LogP contribution in [0.3, 0.4) is 0 Å². The van der Waals surface area contributed by atoms with Gasteiger partial charge in [-0.05, 0) is 36.6 Å². The average Bonchev–Trinajstić information content (AvgIpc) is 2.86. The van der Waals surface area contributed by atoms with Crippen LogP contribution < -0.4 is 10.1 Å². The van der Waals surface area contributed by atoms with Crippen molar-refractivity contribution in [3.05, 3.63) is 35.9 Å². The maximum atomic E-state index is 11.8. The third kappa shape index (κ3) is 6.36. The standard InChI is InChI=1S/C20H24N2O5/c1-14-13-19(25)22(20(14)26)12-4-3-11-21-18(24)10-7-16-5-8-17(9-6-16)27-15(2)23/h5-10,14H,3-4,11-13H2,1-2H3,(H,21,24)/b10-7+. The van der Waals surface area contributed by atoms with Gasteiger partial charge in [0.05, 0.1) is 0 Å². The number of hydrogen-bond acceptors (Lipinski definition) is 5. The van der Waals surface area contributed by atoms with E-state index >= 15 is 0 Å². The monoisotopic (exact) mass is 372 g/mol. The summed E-state index contributed by atoms with van der Waals surface area (Å²) in [6.07, 6.45) is 4.72. The fraction of sp³-hybridized carbons (Fsp3) is 0.400. The number of carbonyl (C=O) groups is 4. The zero-order valence-electron chi connectivity index (χ0n) is 15.6. The van der Waals surface area contributed by atoms with Crippen LogP contribution in [0.4, 0.5) is 0 Å². The van der Waals surface area contributed by atoms with Crippen LogP contribution in [0.1, 0.15) is 38.7 Å². The molecule has 1 aromatic rings. The fourth-order valence-electron chi connectivity index (χ4n) is 2.73. The molecular weight excluding hydrogens is 348 g/mol. The molecule has 1 fully saturated rings. The number of amides is 3. The Balaban J connectivity index is 1.66. The molecule has 1 unspecified atom stereocenters. The summed E-state index contributed by atoms with van der Waals surface area (Å²) in [5.74, 6) is -0.587. The fourth-order valence-corrected chi connectivity index (χ4v) is 2.73. The Kier molecular flexibility index (Phi) is 7.28. The summed E-state index contributed by atoms with van der Waals surface area (Å²) in [6.45, 7) is 3.97. The molecule has 1 heterocycles. The third-order valence-corrected chi connectivity index (χ3v) is 4.15. The lowest BCUT2D eigenvalue weighted by atomic mass is 10.1. The van der Waals surface area contributed by atoms with E-state index in [0.29, 0.717) is 38.1 Å². The van der Waals surface area contributed by atoms with Crippen molar-refractivity contribution in [2.24, 2.45) is 5.92 Å². The van der Waals surface area contributed by atoms with Crippen LogP contribution >= 0.6 is 0 Å². The lowest BCUT2D eigenvalue weighted by molar-refractivity contribution is -0.139. The molecule has 1 aliphatic heterocycles. The quantitative estimate of drug-likeness (QED) is 0.247. The van der Waals surface area contributed by atoms with Crippen molar-refractivity contribution < 1.29 is 23.9 Å². The lowest BCUT2D eigenvalue weighted by Crippen LogP contribution is -2.32. The molecule has 1 N–H and O–H groups in total. The molecule has 27 heavy (non-hydrogen) atoms. The van der Waals surface area contributed by atoms with Crippen LogP contribution in [0.2, 0.25) is 0 Å².